The average Bonchev–Trinajstić information content (AvgIpc) is 2.55. The molecule has 0 radical (unpaired) electrons. The average molecular weight is 307 g/mol. The summed E-state index contributed by atoms with van der Waals surface area (Å²) in [4.78, 5) is 11.9. The second kappa shape index (κ2) is 7.14. The van der Waals surface area contributed by atoms with E-state index in [0.717, 1.165) is 11.4 Å². The fourth-order valence-electron chi connectivity index (χ4n) is 2.31. The number of rotatable bonds is 5. The molecule has 0 bridgehead atoms. The Balaban J connectivity index is 1.52. The molecule has 3 aromatic rings. The standard InChI is InChI=1S/C19H17NOS/c21-19(20-18-8-2-1-3-9-18)14-22-13-15-10-11-16-6-4-5-7-17(16)12-15/h1-12H,13-14H2,(H,20,21). The Morgan fingerprint density at radius 1 is 0.864 bits per heavy atom. The quantitative estimate of drug-likeness (QED) is 0.739. The molecule has 0 aromatic heterocycles. The molecule has 0 saturated heterocycles. The maximum atomic E-state index is 11.9. The Hall–Kier alpha value is -2.26. The number of hydrogen-bond acceptors (Lipinski definition) is 2. The zero-order valence-corrected chi connectivity index (χ0v) is 13.0. The van der Waals surface area contributed by atoms with Crippen LogP contribution < -0.4 is 5.32 Å². The van der Waals surface area contributed by atoms with Gasteiger partial charge in [-0.2, -0.15) is 0 Å². The van der Waals surface area contributed by atoms with E-state index < -0.39 is 0 Å². The SMILES string of the molecule is O=C(CSCc1ccc2ccccc2c1)Nc1ccccc1. The van der Waals surface area contributed by atoms with Crippen LogP contribution in [0.1, 0.15) is 5.56 Å². The number of amides is 1. The first kappa shape index (κ1) is 14.7. The summed E-state index contributed by atoms with van der Waals surface area (Å²) in [6.07, 6.45) is 0. The second-order valence-corrected chi connectivity index (χ2v) is 6.07. The summed E-state index contributed by atoms with van der Waals surface area (Å²) < 4.78 is 0. The summed E-state index contributed by atoms with van der Waals surface area (Å²) >= 11 is 1.63. The lowest BCUT2D eigenvalue weighted by Crippen LogP contribution is -2.13. The third-order valence-corrected chi connectivity index (χ3v) is 4.38. The third kappa shape index (κ3) is 3.89. The molecule has 110 valence electrons. The number of thioether (sulfide) groups is 1. The second-order valence-electron chi connectivity index (χ2n) is 5.09. The Labute approximate surface area is 134 Å². The zero-order chi connectivity index (χ0) is 15.2. The Morgan fingerprint density at radius 3 is 2.41 bits per heavy atom. The number of carbonyl (C=O) groups is 1. The van der Waals surface area contributed by atoms with Gasteiger partial charge in [0, 0.05) is 11.4 Å². The maximum Gasteiger partial charge on any atom is 0.234 e. The minimum atomic E-state index is 0.0389. The van der Waals surface area contributed by atoms with E-state index in [1.807, 2.05) is 42.5 Å². The molecule has 2 nitrogen and oxygen atoms in total. The molecule has 3 rings (SSSR count). The lowest BCUT2D eigenvalue weighted by molar-refractivity contribution is -0.113. The van der Waals surface area contributed by atoms with Crippen molar-refractivity contribution < 1.29 is 4.79 Å². The van der Waals surface area contributed by atoms with Gasteiger partial charge in [-0.3, -0.25) is 4.79 Å². The summed E-state index contributed by atoms with van der Waals surface area (Å²) in [5, 5.41) is 5.39. The molecule has 0 aliphatic rings. The normalized spacial score (nSPS) is 10.5. The van der Waals surface area contributed by atoms with E-state index in [9.17, 15) is 4.79 Å². The van der Waals surface area contributed by atoms with Crippen LogP contribution in [0.25, 0.3) is 10.8 Å². The summed E-state index contributed by atoms with van der Waals surface area (Å²) in [5.74, 6) is 1.34. The van der Waals surface area contributed by atoms with E-state index in [0.29, 0.717) is 5.75 Å². The van der Waals surface area contributed by atoms with E-state index in [2.05, 4.69) is 35.6 Å². The molecule has 0 aliphatic heterocycles. The van der Waals surface area contributed by atoms with Crippen LogP contribution in [0.3, 0.4) is 0 Å². The highest BCUT2D eigenvalue weighted by atomic mass is 32.2. The molecular weight excluding hydrogens is 290 g/mol. The fraction of sp³-hybridized carbons (Fsp3) is 0.105. The monoisotopic (exact) mass is 307 g/mol. The molecule has 0 fully saturated rings. The van der Waals surface area contributed by atoms with E-state index in [1.165, 1.54) is 16.3 Å². The molecule has 3 heteroatoms. The predicted molar refractivity (Wildman–Crippen MR) is 95.2 cm³/mol. The molecule has 22 heavy (non-hydrogen) atoms. The first-order chi connectivity index (χ1) is 10.8. The molecule has 0 unspecified atom stereocenters. The lowest BCUT2D eigenvalue weighted by Gasteiger charge is -2.06. The first-order valence-corrected chi connectivity index (χ1v) is 8.37. The van der Waals surface area contributed by atoms with Crippen molar-refractivity contribution in [2.45, 2.75) is 5.75 Å². The summed E-state index contributed by atoms with van der Waals surface area (Å²) in [7, 11) is 0. The molecule has 0 heterocycles. The number of fused-ring (bicyclic) bond motifs is 1. The van der Waals surface area contributed by atoms with E-state index >= 15 is 0 Å². The van der Waals surface area contributed by atoms with Gasteiger partial charge in [0.1, 0.15) is 0 Å². The van der Waals surface area contributed by atoms with E-state index in [-0.39, 0.29) is 5.91 Å². The van der Waals surface area contributed by atoms with E-state index in [1.54, 1.807) is 11.8 Å². The van der Waals surface area contributed by atoms with Gasteiger partial charge in [0.2, 0.25) is 5.91 Å². The van der Waals surface area contributed by atoms with Gasteiger partial charge in [0.25, 0.3) is 0 Å². The van der Waals surface area contributed by atoms with E-state index in [4.69, 9.17) is 0 Å². The molecule has 0 saturated carbocycles. The van der Waals surface area contributed by atoms with Gasteiger partial charge in [-0.25, -0.2) is 0 Å². The van der Waals surface area contributed by atoms with Crippen LogP contribution in [0.15, 0.2) is 72.8 Å². The van der Waals surface area contributed by atoms with Gasteiger partial charge in [-0.1, -0.05) is 60.7 Å². The third-order valence-electron chi connectivity index (χ3n) is 3.37. The minimum Gasteiger partial charge on any atom is -0.325 e. The van der Waals surface area contributed by atoms with Crippen LogP contribution >= 0.6 is 11.8 Å². The highest BCUT2D eigenvalue weighted by molar-refractivity contribution is 7.99. The van der Waals surface area contributed by atoms with Gasteiger partial charge < -0.3 is 5.32 Å². The molecule has 0 aliphatic carbocycles. The number of benzene rings is 3. The molecule has 3 aromatic carbocycles. The largest absolute Gasteiger partial charge is 0.325 e. The fourth-order valence-corrected chi connectivity index (χ4v) is 3.08. The number of carbonyl (C=O) groups excluding carboxylic acids is 1. The lowest BCUT2D eigenvalue weighted by atomic mass is 10.1. The number of anilines is 1. The Bertz CT molecular complexity index is 771. The topological polar surface area (TPSA) is 29.1 Å². The van der Waals surface area contributed by atoms with Crippen LogP contribution in [-0.2, 0) is 10.5 Å². The van der Waals surface area contributed by atoms with Gasteiger partial charge in [-0.05, 0) is 28.5 Å². The van der Waals surface area contributed by atoms with Crippen LogP contribution in [0.2, 0.25) is 0 Å². The first-order valence-electron chi connectivity index (χ1n) is 7.21. The van der Waals surface area contributed by atoms with Crippen molar-refractivity contribution >= 4 is 34.1 Å². The van der Waals surface area contributed by atoms with Crippen molar-refractivity contribution in [3.05, 3.63) is 78.4 Å². The summed E-state index contributed by atoms with van der Waals surface area (Å²) in [6, 6.07) is 24.3. The van der Waals surface area contributed by atoms with Gasteiger partial charge in [0.15, 0.2) is 0 Å². The number of hydrogen-bond donors (Lipinski definition) is 1. The molecule has 1 N–H and O–H groups in total. The van der Waals surface area contributed by atoms with Crippen molar-refractivity contribution in [3.8, 4) is 0 Å². The van der Waals surface area contributed by atoms with Gasteiger partial charge >= 0.3 is 0 Å². The smallest absolute Gasteiger partial charge is 0.234 e. The van der Waals surface area contributed by atoms with Crippen LogP contribution in [0.4, 0.5) is 5.69 Å². The molecule has 0 spiro atoms. The summed E-state index contributed by atoms with van der Waals surface area (Å²) in [5.41, 5.74) is 2.09. The van der Waals surface area contributed by atoms with Gasteiger partial charge in [-0.15, -0.1) is 11.8 Å². The van der Waals surface area contributed by atoms with Crippen molar-refractivity contribution in [2.24, 2.45) is 0 Å². The zero-order valence-electron chi connectivity index (χ0n) is 12.2. The van der Waals surface area contributed by atoms with Crippen molar-refractivity contribution in [2.75, 3.05) is 11.1 Å². The predicted octanol–water partition coefficient (Wildman–Crippen LogP) is 4.71. The Kier molecular flexibility index (Phi) is 4.76. The molecule has 1 amide bonds. The van der Waals surface area contributed by atoms with Crippen molar-refractivity contribution in [1.82, 2.24) is 0 Å². The van der Waals surface area contributed by atoms with Crippen LogP contribution in [0, 0.1) is 0 Å². The Morgan fingerprint density at radius 2 is 1.59 bits per heavy atom. The minimum absolute atomic E-state index is 0.0389. The van der Waals surface area contributed by atoms with Crippen molar-refractivity contribution in [3.63, 3.8) is 0 Å². The van der Waals surface area contributed by atoms with Crippen molar-refractivity contribution in [1.29, 1.82) is 0 Å². The van der Waals surface area contributed by atoms with Crippen LogP contribution in [-0.4, -0.2) is 11.7 Å². The van der Waals surface area contributed by atoms with Gasteiger partial charge in [0.05, 0.1) is 5.75 Å². The highest BCUT2D eigenvalue weighted by Gasteiger charge is 2.03. The van der Waals surface area contributed by atoms with Crippen LogP contribution in [0.5, 0.6) is 0 Å². The molecule has 0 atom stereocenters. The number of nitrogens with one attached hydrogen (secondary N) is 1. The highest BCUT2D eigenvalue weighted by Crippen LogP contribution is 2.19. The maximum absolute atomic E-state index is 11.9. The number of para-hydroxylation sites is 1. The summed E-state index contributed by atoms with van der Waals surface area (Å²) in [6.45, 7) is 0. The molecular formula is C19H17NOS.